The maximum absolute atomic E-state index is 13.3. The number of aryl methyl sites for hydroxylation is 1. The van der Waals surface area contributed by atoms with Crippen LogP contribution in [0.5, 0.6) is 5.75 Å². The summed E-state index contributed by atoms with van der Waals surface area (Å²) < 4.78 is 5.77. The number of nitrogens with one attached hydrogen (secondary N) is 1. The summed E-state index contributed by atoms with van der Waals surface area (Å²) in [5.41, 5.74) is 5.51. The fourth-order valence-corrected chi connectivity index (χ4v) is 4.56. The first-order valence-electron chi connectivity index (χ1n) is 10.6. The van der Waals surface area contributed by atoms with E-state index in [-0.39, 0.29) is 12.1 Å². The first-order chi connectivity index (χ1) is 15.1. The van der Waals surface area contributed by atoms with Crippen LogP contribution >= 0.6 is 11.6 Å². The van der Waals surface area contributed by atoms with Crippen molar-refractivity contribution in [2.24, 2.45) is 0 Å². The zero-order valence-corrected chi connectivity index (χ0v) is 18.0. The largest absolute Gasteiger partial charge is 0.416 e. The molecular formula is C26H23ClN2O2. The van der Waals surface area contributed by atoms with Gasteiger partial charge in [0.2, 0.25) is 0 Å². The SMILES string of the molecule is CCc1ccc(OC(=O)N2CCc3c([nH]c4ccc(Cl)cc34)C2c2ccccc2)cc1. The number of halogens is 1. The monoisotopic (exact) mass is 430 g/mol. The topological polar surface area (TPSA) is 45.3 Å². The van der Waals surface area contributed by atoms with E-state index in [0.717, 1.165) is 35.0 Å². The molecule has 5 rings (SSSR count). The van der Waals surface area contributed by atoms with Crippen molar-refractivity contribution in [3.05, 3.63) is 100 Å². The normalized spacial score (nSPS) is 15.7. The van der Waals surface area contributed by atoms with Crippen molar-refractivity contribution in [2.75, 3.05) is 6.54 Å². The van der Waals surface area contributed by atoms with E-state index in [4.69, 9.17) is 16.3 Å². The Hall–Kier alpha value is -3.24. The van der Waals surface area contributed by atoms with Crippen molar-refractivity contribution in [1.29, 1.82) is 0 Å². The predicted octanol–water partition coefficient (Wildman–Crippen LogP) is 6.53. The van der Waals surface area contributed by atoms with Crippen LogP contribution in [0.15, 0.2) is 72.8 Å². The second kappa shape index (κ2) is 8.12. The molecule has 1 aromatic heterocycles. The van der Waals surface area contributed by atoms with Crippen LogP contribution in [-0.2, 0) is 12.8 Å². The van der Waals surface area contributed by atoms with Gasteiger partial charge in [-0.15, -0.1) is 0 Å². The predicted molar refractivity (Wildman–Crippen MR) is 124 cm³/mol. The number of ether oxygens (including phenoxy) is 1. The third kappa shape index (κ3) is 3.68. The van der Waals surface area contributed by atoms with Gasteiger partial charge >= 0.3 is 6.09 Å². The number of aromatic amines is 1. The van der Waals surface area contributed by atoms with E-state index in [1.807, 2.05) is 65.6 Å². The molecule has 156 valence electrons. The highest BCUT2D eigenvalue weighted by Gasteiger charge is 2.35. The van der Waals surface area contributed by atoms with E-state index in [9.17, 15) is 4.79 Å². The molecule has 0 bridgehead atoms. The molecule has 3 aromatic carbocycles. The van der Waals surface area contributed by atoms with Crippen LogP contribution < -0.4 is 4.74 Å². The average molecular weight is 431 g/mol. The summed E-state index contributed by atoms with van der Waals surface area (Å²) in [6, 6.07) is 23.4. The lowest BCUT2D eigenvalue weighted by Gasteiger charge is -2.35. The van der Waals surface area contributed by atoms with Gasteiger partial charge in [0.1, 0.15) is 11.8 Å². The van der Waals surface area contributed by atoms with E-state index in [1.165, 1.54) is 11.1 Å². The number of carbonyl (C=O) groups excluding carboxylic acids is 1. The van der Waals surface area contributed by atoms with Crippen LogP contribution in [0, 0.1) is 0 Å². The summed E-state index contributed by atoms with van der Waals surface area (Å²) in [4.78, 5) is 18.6. The van der Waals surface area contributed by atoms with Crippen molar-refractivity contribution in [2.45, 2.75) is 25.8 Å². The minimum Gasteiger partial charge on any atom is -0.410 e. The zero-order valence-electron chi connectivity index (χ0n) is 17.3. The number of carbonyl (C=O) groups is 1. The molecule has 1 aliphatic rings. The summed E-state index contributed by atoms with van der Waals surface area (Å²) in [5, 5.41) is 1.83. The fourth-order valence-electron chi connectivity index (χ4n) is 4.39. The molecule has 0 radical (unpaired) electrons. The lowest BCUT2D eigenvalue weighted by atomic mass is 9.93. The summed E-state index contributed by atoms with van der Waals surface area (Å²) in [5.74, 6) is 0.559. The molecular weight excluding hydrogens is 408 g/mol. The van der Waals surface area contributed by atoms with Crippen LogP contribution in [-0.4, -0.2) is 22.5 Å². The van der Waals surface area contributed by atoms with Gasteiger partial charge in [0.05, 0.1) is 0 Å². The van der Waals surface area contributed by atoms with Gasteiger partial charge in [-0.3, -0.25) is 4.90 Å². The third-order valence-electron chi connectivity index (χ3n) is 5.98. The van der Waals surface area contributed by atoms with Crippen LogP contribution in [0.1, 0.15) is 35.3 Å². The molecule has 1 amide bonds. The summed E-state index contributed by atoms with van der Waals surface area (Å²) in [6.45, 7) is 2.67. The number of hydrogen-bond donors (Lipinski definition) is 1. The van der Waals surface area contributed by atoms with Gasteiger partial charge in [-0.1, -0.05) is 61.0 Å². The zero-order chi connectivity index (χ0) is 21.4. The number of hydrogen-bond acceptors (Lipinski definition) is 2. The summed E-state index contributed by atoms with van der Waals surface area (Å²) in [7, 11) is 0. The van der Waals surface area contributed by atoms with Crippen molar-refractivity contribution in [1.82, 2.24) is 9.88 Å². The second-order valence-corrected chi connectivity index (χ2v) is 8.27. The van der Waals surface area contributed by atoms with E-state index in [1.54, 1.807) is 0 Å². The fraction of sp³-hybridized carbons (Fsp3) is 0.192. The summed E-state index contributed by atoms with van der Waals surface area (Å²) >= 11 is 6.26. The average Bonchev–Trinajstić information content (AvgIpc) is 3.17. The van der Waals surface area contributed by atoms with Gasteiger partial charge in [0.25, 0.3) is 0 Å². The van der Waals surface area contributed by atoms with E-state index >= 15 is 0 Å². The maximum Gasteiger partial charge on any atom is 0.416 e. The van der Waals surface area contributed by atoms with Gasteiger partial charge in [-0.05, 0) is 59.9 Å². The molecule has 31 heavy (non-hydrogen) atoms. The highest BCUT2D eigenvalue weighted by molar-refractivity contribution is 6.31. The van der Waals surface area contributed by atoms with E-state index < -0.39 is 0 Å². The van der Waals surface area contributed by atoms with Gasteiger partial charge in [0.15, 0.2) is 0 Å². The van der Waals surface area contributed by atoms with Gasteiger partial charge < -0.3 is 9.72 Å². The van der Waals surface area contributed by atoms with E-state index in [2.05, 4.69) is 24.0 Å². The Morgan fingerprint density at radius 2 is 1.87 bits per heavy atom. The number of rotatable bonds is 3. The second-order valence-electron chi connectivity index (χ2n) is 7.83. The Morgan fingerprint density at radius 3 is 2.61 bits per heavy atom. The molecule has 1 unspecified atom stereocenters. The number of aromatic nitrogens is 1. The van der Waals surface area contributed by atoms with Crippen molar-refractivity contribution in [3.8, 4) is 5.75 Å². The molecule has 4 nitrogen and oxygen atoms in total. The molecule has 0 spiro atoms. The Morgan fingerprint density at radius 1 is 1.10 bits per heavy atom. The Bertz CT molecular complexity index is 1230. The molecule has 0 aliphatic carbocycles. The standard InChI is InChI=1S/C26H23ClN2O2/c1-2-17-8-11-20(12-9-17)31-26(30)29-15-14-21-22-16-19(27)10-13-23(22)28-24(21)25(29)18-6-4-3-5-7-18/h3-13,16,25,28H,2,14-15H2,1H3. The molecule has 0 saturated heterocycles. The molecule has 4 aromatic rings. The Kier molecular flexibility index (Phi) is 5.16. The van der Waals surface area contributed by atoms with Crippen molar-refractivity contribution in [3.63, 3.8) is 0 Å². The number of fused-ring (bicyclic) bond motifs is 3. The smallest absolute Gasteiger partial charge is 0.410 e. The first kappa shape index (κ1) is 19.7. The van der Waals surface area contributed by atoms with Crippen molar-refractivity contribution < 1.29 is 9.53 Å². The molecule has 2 heterocycles. The van der Waals surface area contributed by atoms with Crippen LogP contribution in [0.3, 0.4) is 0 Å². The molecule has 1 aliphatic heterocycles. The molecule has 1 N–H and O–H groups in total. The maximum atomic E-state index is 13.3. The quantitative estimate of drug-likeness (QED) is 0.401. The lowest BCUT2D eigenvalue weighted by Crippen LogP contribution is -2.42. The third-order valence-corrected chi connectivity index (χ3v) is 6.21. The van der Waals surface area contributed by atoms with Gasteiger partial charge in [0, 0.05) is 28.2 Å². The minimum absolute atomic E-state index is 0.251. The van der Waals surface area contributed by atoms with Gasteiger partial charge in [-0.25, -0.2) is 4.79 Å². The highest BCUT2D eigenvalue weighted by atomic mass is 35.5. The molecule has 1 atom stereocenters. The number of benzene rings is 3. The Labute approximate surface area is 186 Å². The minimum atomic E-state index is -0.347. The van der Waals surface area contributed by atoms with Crippen molar-refractivity contribution >= 4 is 28.6 Å². The number of H-pyrrole nitrogens is 1. The van der Waals surface area contributed by atoms with Gasteiger partial charge in [-0.2, -0.15) is 0 Å². The molecule has 0 saturated carbocycles. The number of nitrogens with zero attached hydrogens (tertiary/aromatic N) is 1. The summed E-state index contributed by atoms with van der Waals surface area (Å²) in [6.07, 6.45) is 1.34. The van der Waals surface area contributed by atoms with Crippen LogP contribution in [0.25, 0.3) is 10.9 Å². The Balaban J connectivity index is 1.54. The molecule has 0 fully saturated rings. The molecule has 5 heteroatoms. The van der Waals surface area contributed by atoms with E-state index in [0.29, 0.717) is 17.3 Å². The highest BCUT2D eigenvalue weighted by Crippen LogP contribution is 2.39. The van der Waals surface area contributed by atoms with Crippen LogP contribution in [0.4, 0.5) is 4.79 Å². The van der Waals surface area contributed by atoms with Crippen LogP contribution in [0.2, 0.25) is 5.02 Å². The number of amides is 1. The first-order valence-corrected chi connectivity index (χ1v) is 10.9. The lowest BCUT2D eigenvalue weighted by molar-refractivity contribution is 0.135.